The summed E-state index contributed by atoms with van der Waals surface area (Å²) in [5, 5.41) is 3.49. The second-order valence-corrected chi connectivity index (χ2v) is 5.72. The Kier molecular flexibility index (Phi) is 6.73. The first-order valence-corrected chi connectivity index (χ1v) is 8.24. The first kappa shape index (κ1) is 16.0. The molecule has 1 aliphatic heterocycles. The Balaban J connectivity index is 2.01. The molecule has 2 heterocycles. The number of hydrogen-bond donors (Lipinski definition) is 1. The lowest BCUT2D eigenvalue weighted by atomic mass is 9.99. The fourth-order valence-corrected chi connectivity index (χ4v) is 2.73. The summed E-state index contributed by atoms with van der Waals surface area (Å²) in [6.07, 6.45) is 8.22. The van der Waals surface area contributed by atoms with Gasteiger partial charge in [0, 0.05) is 13.1 Å². The highest BCUT2D eigenvalue weighted by molar-refractivity contribution is 5.37. The van der Waals surface area contributed by atoms with Gasteiger partial charge in [-0.3, -0.25) is 4.98 Å². The van der Waals surface area contributed by atoms with Crippen LogP contribution in [-0.4, -0.2) is 42.8 Å². The van der Waals surface area contributed by atoms with Crippen LogP contribution in [0, 0.1) is 5.92 Å². The Morgan fingerprint density at radius 2 is 2.24 bits per heavy atom. The number of rotatable bonds is 8. The molecular formula is C16H28N4O. The van der Waals surface area contributed by atoms with Gasteiger partial charge in [0.05, 0.1) is 19.0 Å². The van der Waals surface area contributed by atoms with Crippen molar-refractivity contribution in [1.29, 1.82) is 0 Å². The summed E-state index contributed by atoms with van der Waals surface area (Å²) < 4.78 is 5.60. The van der Waals surface area contributed by atoms with E-state index in [-0.39, 0.29) is 0 Å². The Morgan fingerprint density at radius 1 is 1.33 bits per heavy atom. The maximum absolute atomic E-state index is 5.60. The van der Waals surface area contributed by atoms with Gasteiger partial charge >= 0.3 is 0 Å². The molecule has 1 N–H and O–H groups in total. The maximum Gasteiger partial charge on any atom is 0.234 e. The molecule has 0 aliphatic carbocycles. The molecule has 1 fully saturated rings. The molecule has 1 aromatic heterocycles. The zero-order valence-corrected chi connectivity index (χ0v) is 13.3. The second kappa shape index (κ2) is 8.82. The van der Waals surface area contributed by atoms with Crippen molar-refractivity contribution in [3.05, 3.63) is 12.4 Å². The highest BCUT2D eigenvalue weighted by Crippen LogP contribution is 2.19. The minimum Gasteiger partial charge on any atom is -0.477 e. The fourth-order valence-electron chi connectivity index (χ4n) is 2.73. The summed E-state index contributed by atoms with van der Waals surface area (Å²) in [6.45, 7) is 9.32. The molecule has 1 aromatic rings. The summed E-state index contributed by atoms with van der Waals surface area (Å²) in [6, 6.07) is 0. The number of nitrogens with zero attached hydrogens (tertiary/aromatic N) is 3. The Morgan fingerprint density at radius 3 is 2.95 bits per heavy atom. The van der Waals surface area contributed by atoms with Crippen LogP contribution in [0.4, 0.5) is 5.82 Å². The molecule has 1 unspecified atom stereocenters. The van der Waals surface area contributed by atoms with Crippen LogP contribution in [0.1, 0.15) is 39.5 Å². The van der Waals surface area contributed by atoms with Gasteiger partial charge in [0.25, 0.3) is 0 Å². The van der Waals surface area contributed by atoms with Crippen molar-refractivity contribution in [2.24, 2.45) is 5.92 Å². The molecule has 1 saturated heterocycles. The van der Waals surface area contributed by atoms with Crippen LogP contribution < -0.4 is 15.0 Å². The standard InChI is InChI=1S/C16H28N4O/c1-3-8-20(13-14-6-5-7-17-10-14)15-11-18-12-16(19-15)21-9-4-2/h11-12,14,17H,3-10,13H2,1-2H3. The zero-order valence-electron chi connectivity index (χ0n) is 13.3. The molecule has 0 saturated carbocycles. The molecule has 118 valence electrons. The van der Waals surface area contributed by atoms with Gasteiger partial charge in [0.1, 0.15) is 0 Å². The Bertz CT molecular complexity index is 407. The van der Waals surface area contributed by atoms with E-state index in [1.807, 2.05) is 6.20 Å². The third-order valence-electron chi connectivity index (χ3n) is 3.75. The van der Waals surface area contributed by atoms with Crippen molar-refractivity contribution in [1.82, 2.24) is 15.3 Å². The van der Waals surface area contributed by atoms with E-state index in [9.17, 15) is 0 Å². The van der Waals surface area contributed by atoms with Crippen molar-refractivity contribution in [3.63, 3.8) is 0 Å². The molecule has 0 bridgehead atoms. The summed E-state index contributed by atoms with van der Waals surface area (Å²) in [5.41, 5.74) is 0. The van der Waals surface area contributed by atoms with Gasteiger partial charge in [0.15, 0.2) is 5.82 Å². The minimum absolute atomic E-state index is 0.636. The van der Waals surface area contributed by atoms with Crippen LogP contribution >= 0.6 is 0 Å². The van der Waals surface area contributed by atoms with Crippen LogP contribution in [0.3, 0.4) is 0 Å². The molecule has 1 atom stereocenters. The van der Waals surface area contributed by atoms with E-state index >= 15 is 0 Å². The Hall–Kier alpha value is -1.36. The molecule has 2 rings (SSSR count). The average Bonchev–Trinajstić information content (AvgIpc) is 2.54. The van der Waals surface area contributed by atoms with Gasteiger partial charge in [-0.25, -0.2) is 0 Å². The molecule has 5 heteroatoms. The van der Waals surface area contributed by atoms with Crippen LogP contribution in [0.15, 0.2) is 12.4 Å². The van der Waals surface area contributed by atoms with E-state index in [1.165, 1.54) is 12.8 Å². The third-order valence-corrected chi connectivity index (χ3v) is 3.75. The topological polar surface area (TPSA) is 50.3 Å². The average molecular weight is 292 g/mol. The van der Waals surface area contributed by atoms with E-state index in [0.717, 1.165) is 44.8 Å². The van der Waals surface area contributed by atoms with Crippen LogP contribution in [0.2, 0.25) is 0 Å². The Labute approximate surface area is 128 Å². The van der Waals surface area contributed by atoms with E-state index in [2.05, 4.69) is 34.0 Å². The number of anilines is 1. The lowest BCUT2D eigenvalue weighted by Gasteiger charge is -2.30. The van der Waals surface area contributed by atoms with E-state index in [4.69, 9.17) is 4.74 Å². The van der Waals surface area contributed by atoms with Crippen molar-refractivity contribution in [2.75, 3.05) is 37.7 Å². The van der Waals surface area contributed by atoms with Gasteiger partial charge in [-0.15, -0.1) is 0 Å². The van der Waals surface area contributed by atoms with Gasteiger partial charge in [0.2, 0.25) is 5.88 Å². The smallest absolute Gasteiger partial charge is 0.234 e. The van der Waals surface area contributed by atoms with Crippen molar-refractivity contribution < 1.29 is 4.74 Å². The molecule has 0 spiro atoms. The molecule has 0 aromatic carbocycles. The lowest BCUT2D eigenvalue weighted by Crippen LogP contribution is -2.39. The summed E-state index contributed by atoms with van der Waals surface area (Å²) in [7, 11) is 0. The first-order valence-electron chi connectivity index (χ1n) is 8.24. The summed E-state index contributed by atoms with van der Waals surface area (Å²) in [4.78, 5) is 11.3. The normalized spacial score (nSPS) is 18.5. The highest BCUT2D eigenvalue weighted by Gasteiger charge is 2.18. The monoisotopic (exact) mass is 292 g/mol. The number of hydrogen-bond acceptors (Lipinski definition) is 5. The van der Waals surface area contributed by atoms with Crippen molar-refractivity contribution >= 4 is 5.82 Å². The van der Waals surface area contributed by atoms with Crippen LogP contribution in [0.25, 0.3) is 0 Å². The minimum atomic E-state index is 0.636. The summed E-state index contributed by atoms with van der Waals surface area (Å²) >= 11 is 0. The van der Waals surface area contributed by atoms with Gasteiger partial charge in [-0.05, 0) is 44.7 Å². The van der Waals surface area contributed by atoms with E-state index in [1.54, 1.807) is 6.20 Å². The lowest BCUT2D eigenvalue weighted by molar-refractivity contribution is 0.303. The maximum atomic E-state index is 5.60. The predicted molar refractivity (Wildman–Crippen MR) is 85.9 cm³/mol. The van der Waals surface area contributed by atoms with E-state index in [0.29, 0.717) is 18.4 Å². The predicted octanol–water partition coefficient (Wildman–Crippen LogP) is 2.48. The van der Waals surface area contributed by atoms with Gasteiger partial charge in [-0.2, -0.15) is 4.98 Å². The zero-order chi connectivity index (χ0) is 14.9. The second-order valence-electron chi connectivity index (χ2n) is 5.72. The fraction of sp³-hybridized carbons (Fsp3) is 0.750. The van der Waals surface area contributed by atoms with Crippen LogP contribution in [-0.2, 0) is 0 Å². The highest BCUT2D eigenvalue weighted by atomic mass is 16.5. The van der Waals surface area contributed by atoms with Gasteiger partial charge in [-0.1, -0.05) is 13.8 Å². The molecule has 0 radical (unpaired) electrons. The molecule has 21 heavy (non-hydrogen) atoms. The first-order chi connectivity index (χ1) is 10.3. The number of nitrogens with one attached hydrogen (secondary N) is 1. The van der Waals surface area contributed by atoms with Crippen molar-refractivity contribution in [3.8, 4) is 5.88 Å². The van der Waals surface area contributed by atoms with Crippen molar-refractivity contribution in [2.45, 2.75) is 39.5 Å². The summed E-state index contributed by atoms with van der Waals surface area (Å²) in [5.74, 6) is 2.28. The quantitative estimate of drug-likeness (QED) is 0.797. The van der Waals surface area contributed by atoms with Crippen LogP contribution in [0.5, 0.6) is 5.88 Å². The number of piperidine rings is 1. The number of ether oxygens (including phenoxy) is 1. The largest absolute Gasteiger partial charge is 0.477 e. The SMILES string of the molecule is CCCOc1cncc(N(CCC)CC2CCCNC2)n1. The van der Waals surface area contributed by atoms with E-state index < -0.39 is 0 Å². The molecule has 1 aliphatic rings. The molecule has 5 nitrogen and oxygen atoms in total. The third kappa shape index (κ3) is 5.16. The van der Waals surface area contributed by atoms with Gasteiger partial charge < -0.3 is 15.0 Å². The molecule has 0 amide bonds. The number of aromatic nitrogens is 2. The molecular weight excluding hydrogens is 264 g/mol.